The third kappa shape index (κ3) is 3.38. The van der Waals surface area contributed by atoms with Crippen molar-refractivity contribution in [3.63, 3.8) is 0 Å². The third-order valence-corrected chi connectivity index (χ3v) is 3.12. The van der Waals surface area contributed by atoms with Gasteiger partial charge in [-0.2, -0.15) is 0 Å². The minimum atomic E-state index is 0.779. The molecule has 1 saturated heterocycles. The van der Waals surface area contributed by atoms with Crippen molar-refractivity contribution in [3.8, 4) is 0 Å². The van der Waals surface area contributed by atoms with Crippen LogP contribution in [0, 0.1) is 6.92 Å². The number of hydrogen-bond donors (Lipinski definition) is 1. The first-order valence-electron chi connectivity index (χ1n) is 6.26. The van der Waals surface area contributed by atoms with Crippen LogP contribution < -0.4 is 10.6 Å². The Balaban J connectivity index is 1.86. The first-order valence-corrected chi connectivity index (χ1v) is 6.26. The van der Waals surface area contributed by atoms with Crippen molar-refractivity contribution in [1.82, 2.24) is 14.9 Å². The Hall–Kier alpha value is -1.20. The summed E-state index contributed by atoms with van der Waals surface area (Å²) in [5.41, 5.74) is 6.55. The predicted octanol–water partition coefficient (Wildman–Crippen LogP) is 0.256. The molecule has 1 aliphatic heterocycles. The van der Waals surface area contributed by atoms with Gasteiger partial charge in [-0.3, -0.25) is 4.90 Å². The van der Waals surface area contributed by atoms with Crippen LogP contribution in [0.1, 0.15) is 12.1 Å². The van der Waals surface area contributed by atoms with E-state index in [4.69, 9.17) is 5.73 Å². The Kier molecular flexibility index (Phi) is 4.28. The minimum absolute atomic E-state index is 0.779. The summed E-state index contributed by atoms with van der Waals surface area (Å²) in [4.78, 5) is 13.5. The highest BCUT2D eigenvalue weighted by molar-refractivity contribution is 5.30. The van der Waals surface area contributed by atoms with Crippen LogP contribution in [-0.2, 0) is 0 Å². The van der Waals surface area contributed by atoms with Crippen LogP contribution in [0.25, 0.3) is 0 Å². The van der Waals surface area contributed by atoms with E-state index >= 15 is 0 Å². The summed E-state index contributed by atoms with van der Waals surface area (Å²) in [5, 5.41) is 0. The van der Waals surface area contributed by atoms with E-state index in [9.17, 15) is 0 Å². The van der Waals surface area contributed by atoms with E-state index in [1.807, 2.05) is 19.2 Å². The molecule has 2 rings (SSSR count). The lowest BCUT2D eigenvalue weighted by Gasteiger charge is -2.34. The number of nitrogens with two attached hydrogens (primary N) is 1. The second kappa shape index (κ2) is 5.93. The highest BCUT2D eigenvalue weighted by atomic mass is 15.3. The van der Waals surface area contributed by atoms with Crippen molar-refractivity contribution >= 4 is 5.95 Å². The van der Waals surface area contributed by atoms with E-state index < -0.39 is 0 Å². The molecule has 94 valence electrons. The van der Waals surface area contributed by atoms with Gasteiger partial charge in [-0.15, -0.1) is 0 Å². The molecule has 0 bridgehead atoms. The summed E-state index contributed by atoms with van der Waals surface area (Å²) in [5.74, 6) is 0.864. The Labute approximate surface area is 103 Å². The number of piperazine rings is 1. The van der Waals surface area contributed by atoms with Gasteiger partial charge < -0.3 is 10.6 Å². The molecule has 5 nitrogen and oxygen atoms in total. The average molecular weight is 235 g/mol. The van der Waals surface area contributed by atoms with Crippen LogP contribution in [0.4, 0.5) is 5.95 Å². The zero-order valence-corrected chi connectivity index (χ0v) is 10.5. The topological polar surface area (TPSA) is 58.3 Å². The molecule has 0 amide bonds. The maximum absolute atomic E-state index is 5.52. The number of aromatic nitrogens is 2. The molecule has 1 fully saturated rings. The van der Waals surface area contributed by atoms with Crippen molar-refractivity contribution < 1.29 is 0 Å². The lowest BCUT2D eigenvalue weighted by molar-refractivity contribution is 0.255. The highest BCUT2D eigenvalue weighted by Crippen LogP contribution is 2.10. The van der Waals surface area contributed by atoms with E-state index in [-0.39, 0.29) is 0 Å². The molecule has 0 spiro atoms. The van der Waals surface area contributed by atoms with Crippen molar-refractivity contribution in [2.75, 3.05) is 44.2 Å². The summed E-state index contributed by atoms with van der Waals surface area (Å²) in [6, 6.07) is 1.93. The number of anilines is 1. The molecule has 0 aromatic carbocycles. The maximum Gasteiger partial charge on any atom is 0.225 e. The molecule has 0 unspecified atom stereocenters. The molecule has 2 heterocycles. The number of rotatable bonds is 4. The number of hydrogen-bond acceptors (Lipinski definition) is 5. The molecular formula is C12H21N5. The molecule has 17 heavy (non-hydrogen) atoms. The van der Waals surface area contributed by atoms with E-state index in [1.54, 1.807) is 0 Å². The van der Waals surface area contributed by atoms with Gasteiger partial charge in [-0.1, -0.05) is 0 Å². The van der Waals surface area contributed by atoms with E-state index in [2.05, 4.69) is 19.8 Å². The summed E-state index contributed by atoms with van der Waals surface area (Å²) in [6.07, 6.45) is 2.92. The average Bonchev–Trinajstić information content (AvgIpc) is 2.37. The van der Waals surface area contributed by atoms with Gasteiger partial charge in [0.2, 0.25) is 5.95 Å². The Morgan fingerprint density at radius 2 is 2.06 bits per heavy atom. The molecule has 1 aliphatic rings. The van der Waals surface area contributed by atoms with E-state index in [0.717, 1.165) is 57.3 Å². The van der Waals surface area contributed by atoms with Crippen LogP contribution in [-0.4, -0.2) is 54.1 Å². The van der Waals surface area contributed by atoms with Gasteiger partial charge in [0.05, 0.1) is 0 Å². The molecular weight excluding hydrogens is 214 g/mol. The molecule has 0 aliphatic carbocycles. The first-order chi connectivity index (χ1) is 8.29. The maximum atomic E-state index is 5.52. The van der Waals surface area contributed by atoms with Crippen LogP contribution in [0.15, 0.2) is 12.3 Å². The second-order valence-electron chi connectivity index (χ2n) is 4.47. The van der Waals surface area contributed by atoms with Gasteiger partial charge in [-0.25, -0.2) is 9.97 Å². The number of nitrogens with zero attached hydrogens (tertiary/aromatic N) is 4. The smallest absolute Gasteiger partial charge is 0.225 e. The zero-order chi connectivity index (χ0) is 12.1. The van der Waals surface area contributed by atoms with Crippen LogP contribution in [0.2, 0.25) is 0 Å². The van der Waals surface area contributed by atoms with Crippen molar-refractivity contribution in [2.45, 2.75) is 13.3 Å². The van der Waals surface area contributed by atoms with Crippen LogP contribution in [0.3, 0.4) is 0 Å². The summed E-state index contributed by atoms with van der Waals surface area (Å²) in [7, 11) is 0. The minimum Gasteiger partial charge on any atom is -0.338 e. The molecule has 2 N–H and O–H groups in total. The molecule has 0 saturated carbocycles. The number of aryl methyl sites for hydroxylation is 1. The largest absolute Gasteiger partial charge is 0.338 e. The van der Waals surface area contributed by atoms with Crippen LogP contribution in [0.5, 0.6) is 0 Å². The van der Waals surface area contributed by atoms with Gasteiger partial charge in [0, 0.05) is 38.1 Å². The highest BCUT2D eigenvalue weighted by Gasteiger charge is 2.18. The van der Waals surface area contributed by atoms with Crippen molar-refractivity contribution in [3.05, 3.63) is 18.0 Å². The molecule has 1 aromatic rings. The lowest BCUT2D eigenvalue weighted by atomic mass is 10.3. The first kappa shape index (κ1) is 12.3. The third-order valence-electron chi connectivity index (χ3n) is 3.12. The van der Waals surface area contributed by atoms with Crippen molar-refractivity contribution in [1.29, 1.82) is 0 Å². The quantitative estimate of drug-likeness (QED) is 0.811. The standard InChI is InChI=1S/C12H21N5/c1-11-3-5-14-12(15-11)17-9-7-16(8-10-17)6-2-4-13/h3,5H,2,4,6-10,13H2,1H3. The van der Waals surface area contributed by atoms with E-state index in [1.165, 1.54) is 0 Å². The molecule has 1 aromatic heterocycles. The van der Waals surface area contributed by atoms with Crippen molar-refractivity contribution in [2.24, 2.45) is 5.73 Å². The second-order valence-corrected chi connectivity index (χ2v) is 4.47. The predicted molar refractivity (Wildman–Crippen MR) is 69.1 cm³/mol. The van der Waals surface area contributed by atoms with Crippen LogP contribution >= 0.6 is 0 Å². The molecule has 5 heteroatoms. The zero-order valence-electron chi connectivity index (χ0n) is 10.5. The summed E-state index contributed by atoms with van der Waals surface area (Å²) >= 11 is 0. The lowest BCUT2D eigenvalue weighted by Crippen LogP contribution is -2.47. The SMILES string of the molecule is Cc1ccnc(N2CCN(CCCN)CC2)n1. The van der Waals surface area contributed by atoms with Gasteiger partial charge in [0.15, 0.2) is 0 Å². The fourth-order valence-corrected chi connectivity index (χ4v) is 2.07. The van der Waals surface area contributed by atoms with E-state index in [0.29, 0.717) is 0 Å². The van der Waals surface area contributed by atoms with Gasteiger partial charge in [0.25, 0.3) is 0 Å². The summed E-state index contributed by atoms with van der Waals surface area (Å²) < 4.78 is 0. The van der Waals surface area contributed by atoms with Gasteiger partial charge >= 0.3 is 0 Å². The fourth-order valence-electron chi connectivity index (χ4n) is 2.07. The van der Waals surface area contributed by atoms with Gasteiger partial charge in [0.1, 0.15) is 0 Å². The Morgan fingerprint density at radius 3 is 2.71 bits per heavy atom. The molecule has 0 atom stereocenters. The fraction of sp³-hybridized carbons (Fsp3) is 0.667. The van der Waals surface area contributed by atoms with Gasteiger partial charge in [-0.05, 0) is 32.5 Å². The monoisotopic (exact) mass is 235 g/mol. The Bertz CT molecular complexity index is 347. The molecule has 0 radical (unpaired) electrons. The normalized spacial score (nSPS) is 17.4. The Morgan fingerprint density at radius 1 is 1.29 bits per heavy atom. The summed E-state index contributed by atoms with van der Waals surface area (Å²) in [6.45, 7) is 8.07.